The van der Waals surface area contributed by atoms with Crippen molar-refractivity contribution in [3.8, 4) is 0 Å². The second-order valence-electron chi connectivity index (χ2n) is 5.72. The topological polar surface area (TPSA) is 15.3 Å². The van der Waals surface area contributed by atoms with Gasteiger partial charge in [-0.25, -0.2) is 0 Å². The van der Waals surface area contributed by atoms with Crippen molar-refractivity contribution >= 4 is 0 Å². The molecule has 1 saturated heterocycles. The molecule has 16 heavy (non-hydrogen) atoms. The van der Waals surface area contributed by atoms with Gasteiger partial charge in [0.25, 0.3) is 0 Å². The molecule has 96 valence electrons. The molecule has 0 bridgehead atoms. The first kappa shape index (κ1) is 14.0. The number of rotatable bonds is 5. The molecule has 1 N–H and O–H groups in total. The van der Waals surface area contributed by atoms with E-state index in [1.165, 1.54) is 25.9 Å². The van der Waals surface area contributed by atoms with E-state index in [0.29, 0.717) is 12.1 Å². The molecule has 1 heterocycles. The minimum atomic E-state index is 0.612. The van der Waals surface area contributed by atoms with E-state index in [-0.39, 0.29) is 0 Å². The highest BCUT2D eigenvalue weighted by molar-refractivity contribution is 4.83. The van der Waals surface area contributed by atoms with Gasteiger partial charge in [0.1, 0.15) is 0 Å². The summed E-state index contributed by atoms with van der Waals surface area (Å²) in [7, 11) is 0. The summed E-state index contributed by atoms with van der Waals surface area (Å²) in [6.45, 7) is 15.4. The third-order valence-electron chi connectivity index (χ3n) is 4.38. The first-order valence-electron chi connectivity index (χ1n) is 7.03. The van der Waals surface area contributed by atoms with Gasteiger partial charge in [0.05, 0.1) is 0 Å². The van der Waals surface area contributed by atoms with Crippen LogP contribution in [0.25, 0.3) is 0 Å². The SMILES string of the molecule is CCCNC(C)C(C)N1CCC(C)C(C)C1. The smallest absolute Gasteiger partial charge is 0.0218 e. The summed E-state index contributed by atoms with van der Waals surface area (Å²) in [6, 6.07) is 1.28. The van der Waals surface area contributed by atoms with Crippen molar-refractivity contribution in [3.63, 3.8) is 0 Å². The third kappa shape index (κ3) is 3.74. The molecular formula is C14H30N2. The average molecular weight is 226 g/mol. The van der Waals surface area contributed by atoms with Crippen molar-refractivity contribution in [3.05, 3.63) is 0 Å². The summed E-state index contributed by atoms with van der Waals surface area (Å²) >= 11 is 0. The average Bonchev–Trinajstić information content (AvgIpc) is 2.28. The maximum absolute atomic E-state index is 3.61. The Morgan fingerprint density at radius 2 is 1.94 bits per heavy atom. The second kappa shape index (κ2) is 6.61. The fraction of sp³-hybridized carbons (Fsp3) is 1.00. The van der Waals surface area contributed by atoms with Crippen molar-refractivity contribution < 1.29 is 0 Å². The van der Waals surface area contributed by atoms with Gasteiger partial charge in [-0.15, -0.1) is 0 Å². The molecule has 0 amide bonds. The molecule has 4 unspecified atom stereocenters. The molecule has 0 aromatic carbocycles. The van der Waals surface area contributed by atoms with Crippen LogP contribution in [0.3, 0.4) is 0 Å². The van der Waals surface area contributed by atoms with Gasteiger partial charge in [-0.3, -0.25) is 4.90 Å². The predicted octanol–water partition coefficient (Wildman–Crippen LogP) is 2.74. The fourth-order valence-corrected chi connectivity index (χ4v) is 2.52. The first-order valence-corrected chi connectivity index (χ1v) is 7.03. The second-order valence-corrected chi connectivity index (χ2v) is 5.72. The van der Waals surface area contributed by atoms with Gasteiger partial charge in [0.15, 0.2) is 0 Å². The van der Waals surface area contributed by atoms with E-state index in [1.807, 2.05) is 0 Å². The van der Waals surface area contributed by atoms with E-state index in [0.717, 1.165) is 18.4 Å². The summed E-state index contributed by atoms with van der Waals surface area (Å²) in [4.78, 5) is 2.66. The Morgan fingerprint density at radius 3 is 2.50 bits per heavy atom. The van der Waals surface area contributed by atoms with Crippen LogP contribution in [0.2, 0.25) is 0 Å². The van der Waals surface area contributed by atoms with E-state index in [9.17, 15) is 0 Å². The molecule has 1 aliphatic heterocycles. The van der Waals surface area contributed by atoms with E-state index in [2.05, 4.69) is 44.8 Å². The third-order valence-corrected chi connectivity index (χ3v) is 4.38. The summed E-state index contributed by atoms with van der Waals surface area (Å²) in [6.07, 6.45) is 2.59. The maximum atomic E-state index is 3.61. The number of likely N-dealkylation sites (tertiary alicyclic amines) is 1. The number of piperidine rings is 1. The minimum absolute atomic E-state index is 0.612. The Morgan fingerprint density at radius 1 is 1.25 bits per heavy atom. The molecule has 0 saturated carbocycles. The standard InChI is InChI=1S/C14H30N2/c1-6-8-15-13(4)14(5)16-9-7-11(2)12(3)10-16/h11-15H,6-10H2,1-5H3. The zero-order valence-corrected chi connectivity index (χ0v) is 11.8. The van der Waals surface area contributed by atoms with Gasteiger partial charge < -0.3 is 5.32 Å². The van der Waals surface area contributed by atoms with Gasteiger partial charge >= 0.3 is 0 Å². The highest BCUT2D eigenvalue weighted by atomic mass is 15.2. The summed E-state index contributed by atoms with van der Waals surface area (Å²) in [5.74, 6) is 1.76. The largest absolute Gasteiger partial charge is 0.313 e. The van der Waals surface area contributed by atoms with Gasteiger partial charge in [-0.1, -0.05) is 20.8 Å². The molecule has 1 aliphatic rings. The predicted molar refractivity (Wildman–Crippen MR) is 71.7 cm³/mol. The van der Waals surface area contributed by atoms with Crippen LogP contribution < -0.4 is 5.32 Å². The van der Waals surface area contributed by atoms with Crippen LogP contribution in [0.5, 0.6) is 0 Å². The van der Waals surface area contributed by atoms with Crippen LogP contribution in [-0.4, -0.2) is 36.6 Å². The van der Waals surface area contributed by atoms with Gasteiger partial charge in [-0.05, 0) is 51.6 Å². The molecule has 2 heteroatoms. The van der Waals surface area contributed by atoms with E-state index >= 15 is 0 Å². The summed E-state index contributed by atoms with van der Waals surface area (Å²) in [5, 5.41) is 3.61. The van der Waals surface area contributed by atoms with E-state index < -0.39 is 0 Å². The molecule has 4 atom stereocenters. The molecular weight excluding hydrogens is 196 g/mol. The van der Waals surface area contributed by atoms with Crippen LogP contribution in [0, 0.1) is 11.8 Å². The quantitative estimate of drug-likeness (QED) is 0.775. The van der Waals surface area contributed by atoms with Gasteiger partial charge in [0.2, 0.25) is 0 Å². The monoisotopic (exact) mass is 226 g/mol. The molecule has 1 rings (SSSR count). The van der Waals surface area contributed by atoms with Crippen molar-refractivity contribution in [1.29, 1.82) is 0 Å². The highest BCUT2D eigenvalue weighted by Gasteiger charge is 2.27. The normalized spacial score (nSPS) is 31.3. The molecule has 2 nitrogen and oxygen atoms in total. The fourth-order valence-electron chi connectivity index (χ4n) is 2.52. The summed E-state index contributed by atoms with van der Waals surface area (Å²) in [5.41, 5.74) is 0. The van der Waals surface area contributed by atoms with Crippen LogP contribution in [0.15, 0.2) is 0 Å². The Bertz CT molecular complexity index is 193. The van der Waals surface area contributed by atoms with Gasteiger partial charge in [0, 0.05) is 18.6 Å². The number of nitrogens with one attached hydrogen (secondary N) is 1. The summed E-state index contributed by atoms with van der Waals surface area (Å²) < 4.78 is 0. The number of hydrogen-bond acceptors (Lipinski definition) is 2. The highest BCUT2D eigenvalue weighted by Crippen LogP contribution is 2.24. The minimum Gasteiger partial charge on any atom is -0.313 e. The zero-order chi connectivity index (χ0) is 12.1. The Hall–Kier alpha value is -0.0800. The molecule has 0 spiro atoms. The Balaban J connectivity index is 2.38. The van der Waals surface area contributed by atoms with E-state index in [4.69, 9.17) is 0 Å². The lowest BCUT2D eigenvalue weighted by Gasteiger charge is -2.41. The molecule has 0 aromatic heterocycles. The van der Waals surface area contributed by atoms with Crippen LogP contribution in [0.1, 0.15) is 47.5 Å². The molecule has 0 radical (unpaired) electrons. The van der Waals surface area contributed by atoms with Gasteiger partial charge in [-0.2, -0.15) is 0 Å². The van der Waals surface area contributed by atoms with Crippen molar-refractivity contribution in [1.82, 2.24) is 10.2 Å². The lowest BCUT2D eigenvalue weighted by Crippen LogP contribution is -2.51. The van der Waals surface area contributed by atoms with E-state index in [1.54, 1.807) is 0 Å². The lowest BCUT2D eigenvalue weighted by atomic mass is 9.87. The first-order chi connectivity index (χ1) is 7.56. The van der Waals surface area contributed by atoms with Crippen LogP contribution >= 0.6 is 0 Å². The van der Waals surface area contributed by atoms with Crippen molar-refractivity contribution in [2.75, 3.05) is 19.6 Å². The van der Waals surface area contributed by atoms with Crippen molar-refractivity contribution in [2.45, 2.75) is 59.5 Å². The molecule has 1 fully saturated rings. The van der Waals surface area contributed by atoms with Crippen molar-refractivity contribution in [2.24, 2.45) is 11.8 Å². The molecule has 0 aliphatic carbocycles. The van der Waals surface area contributed by atoms with Crippen LogP contribution in [-0.2, 0) is 0 Å². The number of nitrogens with zero attached hydrogens (tertiary/aromatic N) is 1. The molecule has 0 aromatic rings. The number of hydrogen-bond donors (Lipinski definition) is 1. The maximum Gasteiger partial charge on any atom is 0.0218 e. The zero-order valence-electron chi connectivity index (χ0n) is 11.8. The Labute approximate surface area is 102 Å². The Kier molecular flexibility index (Phi) is 5.77. The van der Waals surface area contributed by atoms with Crippen LogP contribution in [0.4, 0.5) is 0 Å². The lowest BCUT2D eigenvalue weighted by molar-refractivity contribution is 0.0871.